The van der Waals surface area contributed by atoms with Crippen molar-refractivity contribution in [2.75, 3.05) is 13.2 Å². The van der Waals surface area contributed by atoms with E-state index in [1.165, 1.54) is 5.57 Å². The van der Waals surface area contributed by atoms with Gasteiger partial charge in [0, 0.05) is 0 Å². The Hall–Kier alpha value is -0.835. The van der Waals surface area contributed by atoms with Crippen molar-refractivity contribution in [3.8, 4) is 0 Å². The molecule has 1 heterocycles. The molecule has 0 bridgehead atoms. The van der Waals surface area contributed by atoms with Gasteiger partial charge in [0.25, 0.3) is 0 Å². The average Bonchev–Trinajstić information content (AvgIpc) is 2.45. The number of rotatable bonds is 6. The third-order valence-corrected chi connectivity index (χ3v) is 3.60. The zero-order valence-electron chi connectivity index (χ0n) is 13.7. The van der Waals surface area contributed by atoms with Gasteiger partial charge in [0.1, 0.15) is 0 Å². The lowest BCUT2D eigenvalue weighted by atomic mass is 9.90. The van der Waals surface area contributed by atoms with Crippen LogP contribution in [-0.2, 0) is 14.0 Å². The minimum absolute atomic E-state index is 0.288. The molecule has 1 fully saturated rings. The fourth-order valence-corrected chi connectivity index (χ4v) is 1.88. The monoisotopic (exact) mass is 278 g/mol. The van der Waals surface area contributed by atoms with Crippen molar-refractivity contribution >= 4 is 7.12 Å². The zero-order valence-corrected chi connectivity index (χ0v) is 13.7. The first kappa shape index (κ1) is 17.2. The number of ether oxygens (including phenoxy) is 1. The molecule has 1 saturated heterocycles. The Bertz CT molecular complexity index is 392. The Morgan fingerprint density at radius 1 is 1.15 bits per heavy atom. The second-order valence-electron chi connectivity index (χ2n) is 6.41. The van der Waals surface area contributed by atoms with Gasteiger partial charge in [-0.1, -0.05) is 30.3 Å². The van der Waals surface area contributed by atoms with Gasteiger partial charge in [-0.25, -0.2) is 0 Å². The van der Waals surface area contributed by atoms with E-state index in [-0.39, 0.29) is 18.3 Å². The molecule has 1 aliphatic heterocycles. The van der Waals surface area contributed by atoms with Crippen molar-refractivity contribution in [2.45, 2.75) is 52.7 Å². The molecular formula is C16H27BO3. The van der Waals surface area contributed by atoms with Crippen molar-refractivity contribution in [1.82, 2.24) is 0 Å². The maximum atomic E-state index is 5.86. The summed E-state index contributed by atoms with van der Waals surface area (Å²) < 4.78 is 17.3. The van der Waals surface area contributed by atoms with Crippen LogP contribution in [0.2, 0.25) is 0 Å². The smallest absolute Gasteiger partial charge is 0.400 e. The van der Waals surface area contributed by atoms with Crippen LogP contribution >= 0.6 is 0 Å². The van der Waals surface area contributed by atoms with Crippen LogP contribution in [0.3, 0.4) is 0 Å². The molecule has 0 atom stereocenters. The maximum absolute atomic E-state index is 5.86. The normalized spacial score (nSPS) is 21.7. The minimum Gasteiger partial charge on any atom is -0.400 e. The van der Waals surface area contributed by atoms with Gasteiger partial charge in [-0.2, -0.15) is 0 Å². The largest absolute Gasteiger partial charge is 0.486 e. The molecule has 0 spiro atoms. The Kier molecular flexibility index (Phi) is 5.81. The van der Waals surface area contributed by atoms with E-state index in [2.05, 4.69) is 6.58 Å². The first-order valence-corrected chi connectivity index (χ1v) is 7.07. The summed E-state index contributed by atoms with van der Waals surface area (Å²) in [4.78, 5) is 0. The van der Waals surface area contributed by atoms with Gasteiger partial charge in [0.2, 0.25) is 0 Å². The fraction of sp³-hybridized carbons (Fsp3) is 0.625. The number of allylic oxidation sites excluding steroid dienone is 2. The van der Waals surface area contributed by atoms with Crippen LogP contribution in [0.4, 0.5) is 0 Å². The molecule has 0 unspecified atom stereocenters. The molecule has 4 heteroatoms. The van der Waals surface area contributed by atoms with E-state index in [9.17, 15) is 0 Å². The van der Waals surface area contributed by atoms with E-state index >= 15 is 0 Å². The topological polar surface area (TPSA) is 27.7 Å². The summed E-state index contributed by atoms with van der Waals surface area (Å²) in [6, 6.07) is 0. The predicted octanol–water partition coefficient (Wildman–Crippen LogP) is 3.71. The highest BCUT2D eigenvalue weighted by atomic mass is 16.7. The molecule has 112 valence electrons. The van der Waals surface area contributed by atoms with Crippen LogP contribution in [0.5, 0.6) is 0 Å². The summed E-state index contributed by atoms with van der Waals surface area (Å²) >= 11 is 0. The number of hydrogen-bond donors (Lipinski definition) is 0. The van der Waals surface area contributed by atoms with Crippen molar-refractivity contribution < 1.29 is 14.0 Å². The van der Waals surface area contributed by atoms with Crippen molar-refractivity contribution in [3.63, 3.8) is 0 Å². The van der Waals surface area contributed by atoms with Gasteiger partial charge in [-0.05, 0) is 47.1 Å². The highest BCUT2D eigenvalue weighted by Gasteiger charge is 2.49. The lowest BCUT2D eigenvalue weighted by molar-refractivity contribution is 0.00578. The van der Waals surface area contributed by atoms with Crippen LogP contribution in [0, 0.1) is 0 Å². The Morgan fingerprint density at radius 3 is 2.20 bits per heavy atom. The van der Waals surface area contributed by atoms with Crippen molar-refractivity contribution in [1.29, 1.82) is 0 Å². The summed E-state index contributed by atoms with van der Waals surface area (Å²) in [5, 5.41) is 0. The van der Waals surface area contributed by atoms with Crippen molar-refractivity contribution in [2.24, 2.45) is 0 Å². The van der Waals surface area contributed by atoms with Crippen LogP contribution in [0.25, 0.3) is 0 Å². The minimum atomic E-state index is -0.296. The summed E-state index contributed by atoms with van der Waals surface area (Å²) in [5.74, 6) is 1.91. The van der Waals surface area contributed by atoms with Gasteiger partial charge < -0.3 is 14.0 Å². The summed E-state index contributed by atoms with van der Waals surface area (Å²) in [6.45, 7) is 17.2. The fourth-order valence-electron chi connectivity index (χ4n) is 1.88. The first-order chi connectivity index (χ1) is 9.14. The molecule has 20 heavy (non-hydrogen) atoms. The highest BCUT2D eigenvalue weighted by Crippen LogP contribution is 2.36. The van der Waals surface area contributed by atoms with E-state index in [0.29, 0.717) is 13.2 Å². The van der Waals surface area contributed by atoms with E-state index < -0.39 is 0 Å². The van der Waals surface area contributed by atoms with E-state index in [1.54, 1.807) is 0 Å². The molecule has 0 aromatic rings. The average molecular weight is 278 g/mol. The molecular weight excluding hydrogens is 251 g/mol. The second-order valence-corrected chi connectivity index (χ2v) is 6.41. The lowest BCUT2D eigenvalue weighted by Crippen LogP contribution is -2.41. The third kappa shape index (κ3) is 4.93. The van der Waals surface area contributed by atoms with Crippen molar-refractivity contribution in [3.05, 3.63) is 35.9 Å². The molecule has 0 N–H and O–H groups in total. The quantitative estimate of drug-likeness (QED) is 0.421. The predicted molar refractivity (Wildman–Crippen MR) is 84.6 cm³/mol. The van der Waals surface area contributed by atoms with Crippen LogP contribution < -0.4 is 0 Å². The van der Waals surface area contributed by atoms with E-state index in [4.69, 9.17) is 14.0 Å². The molecule has 0 aromatic carbocycles. The maximum Gasteiger partial charge on any atom is 0.486 e. The molecule has 1 rings (SSSR count). The molecule has 0 amide bonds. The Balaban J connectivity index is 2.32. The molecule has 0 aliphatic carbocycles. The zero-order chi connectivity index (χ0) is 15.4. The van der Waals surface area contributed by atoms with Crippen LogP contribution in [0.15, 0.2) is 35.9 Å². The third-order valence-electron chi connectivity index (χ3n) is 3.60. The van der Waals surface area contributed by atoms with Gasteiger partial charge in [0.15, 0.2) is 0 Å². The van der Waals surface area contributed by atoms with Gasteiger partial charge in [-0.3, -0.25) is 0 Å². The molecule has 0 saturated carbocycles. The van der Waals surface area contributed by atoms with Gasteiger partial charge in [0.05, 0.1) is 24.4 Å². The summed E-state index contributed by atoms with van der Waals surface area (Å²) in [7, 11) is -0.296. The Labute approximate surface area is 123 Å². The second kappa shape index (κ2) is 6.75. The summed E-state index contributed by atoms with van der Waals surface area (Å²) in [6.07, 6.45) is 3.97. The van der Waals surface area contributed by atoms with Gasteiger partial charge in [-0.15, -0.1) is 0 Å². The molecule has 1 aliphatic rings. The van der Waals surface area contributed by atoms with Crippen LogP contribution in [-0.4, -0.2) is 31.5 Å². The molecule has 0 aromatic heterocycles. The highest BCUT2D eigenvalue weighted by molar-refractivity contribution is 6.51. The lowest BCUT2D eigenvalue weighted by Gasteiger charge is -2.32. The molecule has 3 nitrogen and oxygen atoms in total. The van der Waals surface area contributed by atoms with Gasteiger partial charge >= 0.3 is 7.12 Å². The Morgan fingerprint density at radius 2 is 1.70 bits per heavy atom. The number of hydrogen-bond acceptors (Lipinski definition) is 3. The summed E-state index contributed by atoms with van der Waals surface area (Å²) in [5.41, 5.74) is 1.63. The molecule has 0 radical (unpaired) electrons. The standard InChI is InChI=1S/C16H27BO3/c1-13(2)11-14(3)12-18-10-8-9-17-19-15(4,5)16(6,7)20-17/h8-9,11H,1,10,12H2,2-7H3/b9-8+,14-11+. The van der Waals surface area contributed by atoms with E-state index in [0.717, 1.165) is 5.57 Å². The SMILES string of the molecule is C=C(C)/C=C(\C)COC/C=C/B1OC(C)(C)C(C)(C)O1. The van der Waals surface area contributed by atoms with E-state index in [1.807, 2.05) is 59.7 Å². The van der Waals surface area contributed by atoms with Crippen LogP contribution in [0.1, 0.15) is 41.5 Å². The first-order valence-electron chi connectivity index (χ1n) is 7.07.